The molecule has 16 heavy (non-hydrogen) atoms. The van der Waals surface area contributed by atoms with Gasteiger partial charge in [0.15, 0.2) is 0 Å². The van der Waals surface area contributed by atoms with Gasteiger partial charge in [0, 0.05) is 6.08 Å². The van der Waals surface area contributed by atoms with Crippen molar-refractivity contribution >= 4 is 23.6 Å². The molecule has 86 valence electrons. The minimum absolute atomic E-state index is 0.0547. The summed E-state index contributed by atoms with van der Waals surface area (Å²) in [6.07, 6.45) is -3.53. The molecule has 2 nitrogen and oxygen atoms in total. The van der Waals surface area contributed by atoms with Gasteiger partial charge in [0.1, 0.15) is 0 Å². The van der Waals surface area contributed by atoms with Gasteiger partial charge in [-0.3, -0.25) is 0 Å². The van der Waals surface area contributed by atoms with Gasteiger partial charge < -0.3 is 5.11 Å². The van der Waals surface area contributed by atoms with Gasteiger partial charge in [0.2, 0.25) is 0 Å². The molecule has 0 aromatic heterocycles. The van der Waals surface area contributed by atoms with Crippen LogP contribution in [0.3, 0.4) is 0 Å². The van der Waals surface area contributed by atoms with E-state index >= 15 is 0 Å². The summed E-state index contributed by atoms with van der Waals surface area (Å²) in [4.78, 5) is 10.6. The van der Waals surface area contributed by atoms with Crippen molar-refractivity contribution in [2.75, 3.05) is 0 Å². The number of allylic oxidation sites excluding steroid dienone is 1. The Morgan fingerprint density at radius 1 is 1.38 bits per heavy atom. The van der Waals surface area contributed by atoms with Crippen LogP contribution < -0.4 is 0 Å². The number of hydrogen-bond acceptors (Lipinski definition) is 1. The van der Waals surface area contributed by atoms with Gasteiger partial charge in [-0.15, -0.1) is 0 Å². The number of alkyl halides is 3. The van der Waals surface area contributed by atoms with Crippen molar-refractivity contribution in [1.29, 1.82) is 0 Å². The number of carboxylic acid groups (broad SMARTS) is 1. The molecule has 0 atom stereocenters. The minimum atomic E-state index is -4.40. The van der Waals surface area contributed by atoms with Crippen LogP contribution in [-0.2, 0) is 0 Å². The number of carboxylic acids is 1. The van der Waals surface area contributed by atoms with E-state index in [-0.39, 0.29) is 22.2 Å². The fourth-order valence-electron chi connectivity index (χ4n) is 0.999. The molecule has 0 aliphatic rings. The molecule has 1 N–H and O–H groups in total. The molecule has 6 heteroatoms. The first-order chi connectivity index (χ1) is 7.29. The van der Waals surface area contributed by atoms with E-state index < -0.39 is 12.1 Å². The van der Waals surface area contributed by atoms with Crippen LogP contribution in [-0.4, -0.2) is 17.3 Å². The van der Waals surface area contributed by atoms with E-state index in [0.717, 1.165) is 18.2 Å². The molecule has 0 amide bonds. The van der Waals surface area contributed by atoms with Crippen molar-refractivity contribution in [3.05, 3.63) is 40.4 Å². The predicted octanol–water partition coefficient (Wildman–Crippen LogP) is 3.61. The van der Waals surface area contributed by atoms with Crippen LogP contribution in [0.4, 0.5) is 13.2 Å². The normalized spacial score (nSPS) is 12.0. The van der Waals surface area contributed by atoms with Gasteiger partial charge in [-0.1, -0.05) is 23.7 Å². The molecule has 0 fully saturated rings. The van der Waals surface area contributed by atoms with Crippen LogP contribution in [0.5, 0.6) is 0 Å². The van der Waals surface area contributed by atoms with Crippen LogP contribution in [0, 0.1) is 0 Å². The Bertz CT molecular complexity index is 438. The van der Waals surface area contributed by atoms with Crippen LogP contribution in [0.15, 0.2) is 24.3 Å². The van der Waals surface area contributed by atoms with E-state index in [0.29, 0.717) is 0 Å². The average molecular weight is 251 g/mol. The molecule has 0 saturated heterocycles. The third-order valence-electron chi connectivity index (χ3n) is 1.69. The summed E-state index contributed by atoms with van der Waals surface area (Å²) in [5.74, 6) is -1.23. The van der Waals surface area contributed by atoms with Gasteiger partial charge in [-0.2, -0.15) is 13.2 Å². The number of carbonyl (C=O) groups is 1. The standard InChI is InChI=1S/C10H6ClF3O2/c11-8-5-6(3-4-10(12,13)14)1-2-7(8)9(15)16/h1-5H,(H,15,16). The maximum Gasteiger partial charge on any atom is 0.409 e. The molecule has 0 bridgehead atoms. The molecule has 1 aromatic carbocycles. The SMILES string of the molecule is O=C(O)c1ccc(C=CC(F)(F)F)cc1Cl. The minimum Gasteiger partial charge on any atom is -0.478 e. The number of aromatic carboxylic acids is 1. The molecule has 1 aromatic rings. The highest BCUT2D eigenvalue weighted by molar-refractivity contribution is 6.33. The van der Waals surface area contributed by atoms with Crippen molar-refractivity contribution in [1.82, 2.24) is 0 Å². The Morgan fingerprint density at radius 2 is 2.00 bits per heavy atom. The monoisotopic (exact) mass is 250 g/mol. The van der Waals surface area contributed by atoms with E-state index in [2.05, 4.69) is 0 Å². The first kappa shape index (κ1) is 12.6. The number of benzene rings is 1. The molecular weight excluding hydrogens is 245 g/mol. The van der Waals surface area contributed by atoms with Gasteiger partial charge in [0.05, 0.1) is 10.6 Å². The summed E-state index contributed by atoms with van der Waals surface area (Å²) in [7, 11) is 0. The van der Waals surface area contributed by atoms with Crippen molar-refractivity contribution in [2.45, 2.75) is 6.18 Å². The van der Waals surface area contributed by atoms with Crippen LogP contribution in [0.2, 0.25) is 5.02 Å². The van der Waals surface area contributed by atoms with Gasteiger partial charge in [-0.05, 0) is 17.7 Å². The van der Waals surface area contributed by atoms with Crippen molar-refractivity contribution in [3.63, 3.8) is 0 Å². The Labute approximate surface area is 94.0 Å². The lowest BCUT2D eigenvalue weighted by molar-refractivity contribution is -0.0790. The highest BCUT2D eigenvalue weighted by Crippen LogP contribution is 2.21. The largest absolute Gasteiger partial charge is 0.478 e. The Morgan fingerprint density at radius 3 is 2.44 bits per heavy atom. The predicted molar refractivity (Wildman–Crippen MR) is 53.5 cm³/mol. The van der Waals surface area contributed by atoms with Crippen molar-refractivity contribution in [3.8, 4) is 0 Å². The second kappa shape index (κ2) is 4.57. The lowest BCUT2D eigenvalue weighted by atomic mass is 10.1. The molecular formula is C10H6ClF3O2. The summed E-state index contributed by atoms with van der Waals surface area (Å²) in [5, 5.41) is 8.53. The molecule has 0 aliphatic carbocycles. The fraction of sp³-hybridized carbons (Fsp3) is 0.100. The summed E-state index contributed by atoms with van der Waals surface area (Å²) in [5.41, 5.74) is 0.0400. The highest BCUT2D eigenvalue weighted by Gasteiger charge is 2.21. The van der Waals surface area contributed by atoms with E-state index in [1.54, 1.807) is 0 Å². The molecule has 0 saturated carbocycles. The van der Waals surface area contributed by atoms with Crippen LogP contribution >= 0.6 is 11.6 Å². The first-order valence-corrected chi connectivity index (χ1v) is 4.46. The summed E-state index contributed by atoms with van der Waals surface area (Å²) >= 11 is 5.58. The fourth-order valence-corrected chi connectivity index (χ4v) is 1.27. The third-order valence-corrected chi connectivity index (χ3v) is 2.00. The topological polar surface area (TPSA) is 37.3 Å². The van der Waals surface area contributed by atoms with E-state index in [4.69, 9.17) is 16.7 Å². The molecule has 0 aliphatic heterocycles. The molecule has 0 heterocycles. The quantitative estimate of drug-likeness (QED) is 0.870. The van der Waals surface area contributed by atoms with E-state index in [1.807, 2.05) is 0 Å². The Kier molecular flexibility index (Phi) is 3.59. The maximum atomic E-state index is 11.8. The van der Waals surface area contributed by atoms with Gasteiger partial charge in [0.25, 0.3) is 0 Å². The number of halogens is 4. The zero-order chi connectivity index (χ0) is 12.3. The zero-order valence-corrected chi connectivity index (χ0v) is 8.51. The maximum absolute atomic E-state index is 11.8. The van der Waals surface area contributed by atoms with Crippen LogP contribution in [0.25, 0.3) is 6.08 Å². The number of hydrogen-bond donors (Lipinski definition) is 1. The van der Waals surface area contributed by atoms with Gasteiger partial charge in [-0.25, -0.2) is 4.79 Å². The second-order valence-corrected chi connectivity index (χ2v) is 3.33. The van der Waals surface area contributed by atoms with E-state index in [9.17, 15) is 18.0 Å². The first-order valence-electron chi connectivity index (χ1n) is 4.08. The molecule has 0 radical (unpaired) electrons. The summed E-state index contributed by atoms with van der Waals surface area (Å²) in [6.45, 7) is 0. The lowest BCUT2D eigenvalue weighted by Gasteiger charge is -2.01. The van der Waals surface area contributed by atoms with Crippen molar-refractivity contribution < 1.29 is 23.1 Å². The Hall–Kier alpha value is -1.49. The van der Waals surface area contributed by atoms with Crippen molar-refractivity contribution in [2.24, 2.45) is 0 Å². The highest BCUT2D eigenvalue weighted by atomic mass is 35.5. The van der Waals surface area contributed by atoms with Gasteiger partial charge >= 0.3 is 12.1 Å². The van der Waals surface area contributed by atoms with Crippen LogP contribution in [0.1, 0.15) is 15.9 Å². The van der Waals surface area contributed by atoms with E-state index in [1.165, 1.54) is 6.07 Å². The average Bonchev–Trinajstić information content (AvgIpc) is 2.13. The lowest BCUT2D eigenvalue weighted by Crippen LogP contribution is -2.00. The zero-order valence-electron chi connectivity index (χ0n) is 7.75. The summed E-state index contributed by atoms with van der Waals surface area (Å²) in [6, 6.07) is 3.56. The Balaban J connectivity index is 2.99. The number of rotatable bonds is 2. The molecule has 0 spiro atoms. The molecule has 1 rings (SSSR count). The third kappa shape index (κ3) is 3.58. The summed E-state index contributed by atoms with van der Waals surface area (Å²) < 4.78 is 35.5. The molecule has 0 unspecified atom stereocenters. The second-order valence-electron chi connectivity index (χ2n) is 2.92. The smallest absolute Gasteiger partial charge is 0.409 e.